The van der Waals surface area contributed by atoms with E-state index < -0.39 is 0 Å². The van der Waals surface area contributed by atoms with E-state index in [1.807, 2.05) is 63.2 Å². The molecule has 0 aromatic heterocycles. The molecule has 0 aliphatic carbocycles. The van der Waals surface area contributed by atoms with Crippen molar-refractivity contribution in [3.05, 3.63) is 59.2 Å². The Kier molecular flexibility index (Phi) is 6.37. The lowest BCUT2D eigenvalue weighted by molar-refractivity contribution is -0.123. The highest BCUT2D eigenvalue weighted by atomic mass is 16.5. The van der Waals surface area contributed by atoms with Crippen LogP contribution in [0.5, 0.6) is 11.5 Å². The van der Waals surface area contributed by atoms with Crippen LogP contribution in [-0.2, 0) is 4.79 Å². The second kappa shape index (κ2) is 8.72. The molecule has 0 heterocycles. The number of amides is 1. The fourth-order valence-corrected chi connectivity index (χ4v) is 2.05. The first-order valence-electron chi connectivity index (χ1n) is 7.84. The number of nitrogens with one attached hydrogen (secondary N) is 1. The summed E-state index contributed by atoms with van der Waals surface area (Å²) in [7, 11) is 0. The molecule has 0 saturated heterocycles. The molecule has 0 aliphatic heterocycles. The van der Waals surface area contributed by atoms with Gasteiger partial charge in [0.25, 0.3) is 5.91 Å². The third kappa shape index (κ3) is 5.12. The number of aryl methyl sites for hydroxylation is 1. The predicted molar refractivity (Wildman–Crippen MR) is 94.8 cm³/mol. The Labute approximate surface area is 142 Å². The van der Waals surface area contributed by atoms with Gasteiger partial charge in [0.05, 0.1) is 12.8 Å². The molecule has 0 fully saturated rings. The van der Waals surface area contributed by atoms with Gasteiger partial charge in [-0.25, -0.2) is 5.43 Å². The number of nitrogens with zero attached hydrogens (tertiary/aromatic N) is 1. The average molecular weight is 326 g/mol. The third-order valence-corrected chi connectivity index (χ3v) is 3.51. The zero-order chi connectivity index (χ0) is 17.4. The minimum atomic E-state index is -0.307. The molecule has 0 atom stereocenters. The normalized spacial score (nSPS) is 10.6. The zero-order valence-electron chi connectivity index (χ0n) is 14.2. The number of benzene rings is 2. The van der Waals surface area contributed by atoms with E-state index in [4.69, 9.17) is 9.47 Å². The highest BCUT2D eigenvalue weighted by Gasteiger charge is 2.05. The Bertz CT molecular complexity index is 709. The zero-order valence-corrected chi connectivity index (χ0v) is 14.2. The molecule has 2 aromatic rings. The maximum absolute atomic E-state index is 11.8. The van der Waals surface area contributed by atoms with Crippen LogP contribution < -0.4 is 14.9 Å². The van der Waals surface area contributed by atoms with Crippen LogP contribution >= 0.6 is 0 Å². The lowest BCUT2D eigenvalue weighted by atomic mass is 10.1. The van der Waals surface area contributed by atoms with Gasteiger partial charge in [-0.2, -0.15) is 5.10 Å². The van der Waals surface area contributed by atoms with Crippen molar-refractivity contribution in [2.75, 3.05) is 13.2 Å². The van der Waals surface area contributed by atoms with Crippen LogP contribution in [-0.4, -0.2) is 25.3 Å². The van der Waals surface area contributed by atoms with Crippen molar-refractivity contribution in [1.82, 2.24) is 5.43 Å². The second-order valence-corrected chi connectivity index (χ2v) is 5.28. The molecule has 1 amide bonds. The molecule has 126 valence electrons. The third-order valence-electron chi connectivity index (χ3n) is 3.51. The van der Waals surface area contributed by atoms with Gasteiger partial charge in [-0.15, -0.1) is 0 Å². The molecule has 5 nitrogen and oxygen atoms in total. The van der Waals surface area contributed by atoms with Crippen molar-refractivity contribution in [1.29, 1.82) is 0 Å². The fourth-order valence-electron chi connectivity index (χ4n) is 2.05. The number of hydrogen-bond donors (Lipinski definition) is 1. The highest BCUT2D eigenvalue weighted by Crippen LogP contribution is 2.20. The van der Waals surface area contributed by atoms with Gasteiger partial charge < -0.3 is 9.47 Å². The van der Waals surface area contributed by atoms with Crippen molar-refractivity contribution >= 4 is 12.1 Å². The predicted octanol–water partition coefficient (Wildman–Crippen LogP) is 3.23. The van der Waals surface area contributed by atoms with Gasteiger partial charge in [-0.1, -0.05) is 12.1 Å². The topological polar surface area (TPSA) is 59.9 Å². The molecule has 1 N–H and O–H groups in total. The van der Waals surface area contributed by atoms with Gasteiger partial charge in [0.2, 0.25) is 0 Å². The summed E-state index contributed by atoms with van der Waals surface area (Å²) in [5, 5.41) is 3.92. The number of carbonyl (C=O) groups is 1. The summed E-state index contributed by atoms with van der Waals surface area (Å²) in [4.78, 5) is 11.8. The van der Waals surface area contributed by atoms with Gasteiger partial charge in [-0.3, -0.25) is 4.79 Å². The lowest BCUT2D eigenvalue weighted by Gasteiger charge is -2.09. The van der Waals surface area contributed by atoms with Crippen LogP contribution in [0.15, 0.2) is 47.6 Å². The molecule has 0 radical (unpaired) electrons. The van der Waals surface area contributed by atoms with E-state index >= 15 is 0 Å². The Hall–Kier alpha value is -2.82. The highest BCUT2D eigenvalue weighted by molar-refractivity contribution is 5.83. The fraction of sp³-hybridized carbons (Fsp3) is 0.263. The smallest absolute Gasteiger partial charge is 0.277 e. The average Bonchev–Trinajstić information content (AvgIpc) is 2.58. The molecule has 0 bridgehead atoms. The van der Waals surface area contributed by atoms with Gasteiger partial charge in [0.1, 0.15) is 11.5 Å². The maximum atomic E-state index is 11.8. The number of rotatable bonds is 7. The first kappa shape index (κ1) is 17.5. The molecular weight excluding hydrogens is 304 g/mol. The minimum Gasteiger partial charge on any atom is -0.494 e. The summed E-state index contributed by atoms with van der Waals surface area (Å²) in [5.41, 5.74) is 5.48. The minimum absolute atomic E-state index is 0.0785. The van der Waals surface area contributed by atoms with E-state index in [0.29, 0.717) is 12.4 Å². The summed E-state index contributed by atoms with van der Waals surface area (Å²) in [6.45, 7) is 6.45. The Morgan fingerprint density at radius 1 is 1.12 bits per heavy atom. The van der Waals surface area contributed by atoms with Crippen LogP contribution in [0.25, 0.3) is 0 Å². The van der Waals surface area contributed by atoms with E-state index in [1.165, 1.54) is 0 Å². The van der Waals surface area contributed by atoms with Gasteiger partial charge in [0, 0.05) is 0 Å². The van der Waals surface area contributed by atoms with Gasteiger partial charge in [-0.05, 0) is 67.8 Å². The standard InChI is InChI=1S/C19H22N2O3/c1-4-23-17-10-8-16(9-11-17)12-20-21-19(22)13-24-18-7-5-6-14(2)15(18)3/h5-12H,4,13H2,1-3H3,(H,21,22)/b20-12-. The van der Waals surface area contributed by atoms with Crippen molar-refractivity contribution < 1.29 is 14.3 Å². The van der Waals surface area contributed by atoms with Crippen molar-refractivity contribution in [3.8, 4) is 11.5 Å². The number of carbonyl (C=O) groups excluding carboxylic acids is 1. The Balaban J connectivity index is 1.81. The van der Waals surface area contributed by atoms with Crippen LogP contribution in [0.3, 0.4) is 0 Å². The van der Waals surface area contributed by atoms with Crippen LogP contribution in [0.1, 0.15) is 23.6 Å². The van der Waals surface area contributed by atoms with Gasteiger partial charge in [0.15, 0.2) is 6.61 Å². The summed E-state index contributed by atoms with van der Waals surface area (Å²) in [6, 6.07) is 13.2. The molecular formula is C19H22N2O3. The number of hydrogen-bond acceptors (Lipinski definition) is 4. The maximum Gasteiger partial charge on any atom is 0.277 e. The second-order valence-electron chi connectivity index (χ2n) is 5.28. The van der Waals surface area contributed by atoms with Crippen LogP contribution in [0.2, 0.25) is 0 Å². The van der Waals surface area contributed by atoms with E-state index in [0.717, 1.165) is 22.4 Å². The van der Waals surface area contributed by atoms with E-state index in [2.05, 4.69) is 10.5 Å². The SMILES string of the molecule is CCOc1ccc(/C=N\NC(=O)COc2cccc(C)c2C)cc1. The molecule has 24 heavy (non-hydrogen) atoms. The van der Waals surface area contributed by atoms with E-state index in [1.54, 1.807) is 6.21 Å². The van der Waals surface area contributed by atoms with Crippen molar-refractivity contribution in [3.63, 3.8) is 0 Å². The van der Waals surface area contributed by atoms with Crippen LogP contribution in [0.4, 0.5) is 0 Å². The van der Waals surface area contributed by atoms with Crippen molar-refractivity contribution in [2.45, 2.75) is 20.8 Å². The van der Waals surface area contributed by atoms with Crippen LogP contribution in [0, 0.1) is 13.8 Å². The van der Waals surface area contributed by atoms with E-state index in [-0.39, 0.29) is 12.5 Å². The quantitative estimate of drug-likeness (QED) is 0.628. The summed E-state index contributed by atoms with van der Waals surface area (Å²) in [5.74, 6) is 1.21. The lowest BCUT2D eigenvalue weighted by Crippen LogP contribution is -2.24. The van der Waals surface area contributed by atoms with Gasteiger partial charge >= 0.3 is 0 Å². The molecule has 2 rings (SSSR count). The molecule has 0 spiro atoms. The molecule has 5 heteroatoms. The molecule has 0 saturated carbocycles. The Morgan fingerprint density at radius 2 is 1.88 bits per heavy atom. The first-order valence-corrected chi connectivity index (χ1v) is 7.84. The van der Waals surface area contributed by atoms with E-state index in [9.17, 15) is 4.79 Å². The molecule has 0 unspecified atom stereocenters. The Morgan fingerprint density at radius 3 is 2.58 bits per heavy atom. The summed E-state index contributed by atoms with van der Waals surface area (Å²) >= 11 is 0. The monoisotopic (exact) mass is 326 g/mol. The molecule has 0 aliphatic rings. The largest absolute Gasteiger partial charge is 0.494 e. The summed E-state index contributed by atoms with van der Waals surface area (Å²) in [6.07, 6.45) is 1.57. The molecule has 2 aromatic carbocycles. The first-order chi connectivity index (χ1) is 11.6. The number of ether oxygens (including phenoxy) is 2. The van der Waals surface area contributed by atoms with Crippen molar-refractivity contribution in [2.24, 2.45) is 5.10 Å². The number of hydrazone groups is 1. The summed E-state index contributed by atoms with van der Waals surface area (Å²) < 4.78 is 10.9.